The summed E-state index contributed by atoms with van der Waals surface area (Å²) in [6.45, 7) is 27.2. The van der Waals surface area contributed by atoms with Gasteiger partial charge >= 0.3 is 5.97 Å². The van der Waals surface area contributed by atoms with Gasteiger partial charge in [-0.15, -0.1) is 0 Å². The fourth-order valence-electron chi connectivity index (χ4n) is 8.43. The van der Waals surface area contributed by atoms with Crippen LogP contribution in [-0.2, 0) is 14.3 Å². The second-order valence-electron chi connectivity index (χ2n) is 10.8. The van der Waals surface area contributed by atoms with Crippen molar-refractivity contribution in [3.63, 3.8) is 0 Å². The van der Waals surface area contributed by atoms with Crippen LogP contribution < -0.4 is 0 Å². The van der Waals surface area contributed by atoms with E-state index in [9.17, 15) is 9.59 Å². The minimum absolute atomic E-state index is 0.0884. The molecule has 3 nitrogen and oxygen atoms in total. The summed E-state index contributed by atoms with van der Waals surface area (Å²) in [5.74, 6) is 3.47. The van der Waals surface area contributed by atoms with Crippen LogP contribution in [0.5, 0.6) is 0 Å². The first-order valence-electron chi connectivity index (χ1n) is 16.4. The normalized spacial score (nSPS) is 35.5. The van der Waals surface area contributed by atoms with E-state index in [1.54, 1.807) is 0 Å². The Morgan fingerprint density at radius 1 is 0.811 bits per heavy atom. The Bertz CT molecular complexity index is 614. The fraction of sp³-hybridized carbons (Fsp3) is 0.941. The summed E-state index contributed by atoms with van der Waals surface area (Å²) < 4.78 is 4.93. The van der Waals surface area contributed by atoms with Gasteiger partial charge in [0.25, 0.3) is 0 Å². The van der Waals surface area contributed by atoms with Crippen LogP contribution in [0.1, 0.15) is 154 Å². The maximum absolute atomic E-state index is 13.3. The molecule has 0 aliphatic heterocycles. The highest BCUT2D eigenvalue weighted by molar-refractivity contribution is 5.83. The van der Waals surface area contributed by atoms with E-state index in [4.69, 9.17) is 4.74 Å². The van der Waals surface area contributed by atoms with E-state index in [0.29, 0.717) is 53.1 Å². The van der Waals surface area contributed by atoms with Crippen molar-refractivity contribution in [3.05, 3.63) is 0 Å². The first kappa shape index (κ1) is 38.3. The van der Waals surface area contributed by atoms with Crippen LogP contribution >= 0.6 is 0 Å². The summed E-state index contributed by atoms with van der Waals surface area (Å²) in [7, 11) is 1.49. The van der Waals surface area contributed by atoms with E-state index in [2.05, 4.69) is 20.8 Å². The molecule has 4 aliphatic rings. The summed E-state index contributed by atoms with van der Waals surface area (Å²) in [5, 5.41) is 0. The smallest absolute Gasteiger partial charge is 0.305 e. The minimum Gasteiger partial charge on any atom is -0.469 e. The van der Waals surface area contributed by atoms with Gasteiger partial charge in [0.1, 0.15) is 5.78 Å². The highest BCUT2D eigenvalue weighted by Gasteiger charge is 2.62. The molecule has 0 aromatic heterocycles. The number of carbonyl (C=O) groups excluding carboxylic acids is 2. The summed E-state index contributed by atoms with van der Waals surface area (Å²) in [6.07, 6.45) is 11.4. The van der Waals surface area contributed by atoms with Crippen LogP contribution in [0, 0.1) is 46.3 Å². The summed E-state index contributed by atoms with van der Waals surface area (Å²) in [4.78, 5) is 25.2. The first-order valence-corrected chi connectivity index (χ1v) is 16.4. The van der Waals surface area contributed by atoms with Gasteiger partial charge in [-0.05, 0) is 78.9 Å². The zero-order chi connectivity index (χ0) is 29.4. The average molecular weight is 525 g/mol. The largest absolute Gasteiger partial charge is 0.469 e. The fourth-order valence-corrected chi connectivity index (χ4v) is 8.43. The molecule has 37 heavy (non-hydrogen) atoms. The van der Waals surface area contributed by atoms with Gasteiger partial charge in [0, 0.05) is 18.8 Å². The minimum atomic E-state index is -0.0884. The lowest BCUT2D eigenvalue weighted by Gasteiger charge is -2.60. The highest BCUT2D eigenvalue weighted by Crippen LogP contribution is 2.67. The van der Waals surface area contributed by atoms with Crippen molar-refractivity contribution >= 4 is 11.8 Å². The molecule has 0 amide bonds. The molecule has 0 saturated heterocycles. The number of hydrogen-bond donors (Lipinski definition) is 0. The Kier molecular flexibility index (Phi) is 19.9. The van der Waals surface area contributed by atoms with Crippen LogP contribution in [0.3, 0.4) is 0 Å². The molecule has 0 aromatic carbocycles. The first-order chi connectivity index (χ1) is 17.8. The van der Waals surface area contributed by atoms with Gasteiger partial charge in [0.15, 0.2) is 0 Å². The van der Waals surface area contributed by atoms with Gasteiger partial charge in [-0.3, -0.25) is 9.59 Å². The van der Waals surface area contributed by atoms with Crippen LogP contribution in [0.2, 0.25) is 0 Å². The molecule has 222 valence electrons. The number of methoxy groups -OCH3 is 1. The monoisotopic (exact) mass is 525 g/mol. The molecule has 4 aliphatic carbocycles. The van der Waals surface area contributed by atoms with E-state index < -0.39 is 0 Å². The van der Waals surface area contributed by atoms with Crippen molar-refractivity contribution in [2.75, 3.05) is 7.11 Å². The predicted molar refractivity (Wildman–Crippen MR) is 163 cm³/mol. The molecule has 0 bridgehead atoms. The lowest BCUT2D eigenvalue weighted by Crippen LogP contribution is -2.56. The zero-order valence-corrected chi connectivity index (χ0v) is 27.8. The molecule has 0 spiro atoms. The van der Waals surface area contributed by atoms with Gasteiger partial charge in [0.2, 0.25) is 0 Å². The molecular formula is C34H68O3. The topological polar surface area (TPSA) is 43.4 Å². The van der Waals surface area contributed by atoms with Crippen molar-refractivity contribution in [3.8, 4) is 0 Å². The Morgan fingerprint density at radius 3 is 1.89 bits per heavy atom. The third-order valence-electron chi connectivity index (χ3n) is 9.86. The van der Waals surface area contributed by atoms with Crippen LogP contribution in [-0.4, -0.2) is 18.9 Å². The molecule has 8 atom stereocenters. The van der Waals surface area contributed by atoms with Crippen molar-refractivity contribution in [2.24, 2.45) is 46.3 Å². The highest BCUT2D eigenvalue weighted by atomic mass is 16.5. The number of hydrogen-bond acceptors (Lipinski definition) is 3. The standard InChI is InChI=1S/C24H38O3.5C2H6/c1-15(13-21(26)27-4)17-8-9-18-22-19(10-12-24(17,18)3)23(2)11-6-5-7-16(23)14-20(22)25;5*1-2/h15-19,22H,5-14H2,1-4H3;5*1-2H3/t15-,16?,17?,18?,19?,22?,23?,24?;;;;;/m1...../s1. The van der Waals surface area contributed by atoms with Crippen LogP contribution in [0.15, 0.2) is 0 Å². The van der Waals surface area contributed by atoms with Crippen LogP contribution in [0.4, 0.5) is 0 Å². The molecule has 0 radical (unpaired) electrons. The van der Waals surface area contributed by atoms with Crippen molar-refractivity contribution in [2.45, 2.75) is 154 Å². The van der Waals surface area contributed by atoms with E-state index in [-0.39, 0.29) is 11.4 Å². The summed E-state index contributed by atoms with van der Waals surface area (Å²) in [6, 6.07) is 0. The number of fused-ring (bicyclic) bond motifs is 5. The molecule has 0 N–H and O–H groups in total. The Hall–Kier alpha value is -0.860. The average Bonchev–Trinajstić information content (AvgIpc) is 3.31. The second-order valence-corrected chi connectivity index (χ2v) is 10.8. The molecule has 3 heteroatoms. The third-order valence-corrected chi connectivity index (χ3v) is 9.86. The molecular weight excluding hydrogens is 456 g/mol. The lowest BCUT2D eigenvalue weighted by molar-refractivity contribution is -0.157. The maximum Gasteiger partial charge on any atom is 0.305 e. The molecule has 4 fully saturated rings. The zero-order valence-electron chi connectivity index (χ0n) is 27.8. The second kappa shape index (κ2) is 19.2. The van der Waals surface area contributed by atoms with Gasteiger partial charge in [0.05, 0.1) is 7.11 Å². The van der Waals surface area contributed by atoms with Crippen molar-refractivity contribution in [1.29, 1.82) is 0 Å². The quantitative estimate of drug-likeness (QED) is 0.345. The maximum atomic E-state index is 13.3. The van der Waals surface area contributed by atoms with Crippen LogP contribution in [0.25, 0.3) is 0 Å². The summed E-state index contributed by atoms with van der Waals surface area (Å²) >= 11 is 0. The van der Waals surface area contributed by atoms with E-state index in [1.807, 2.05) is 69.2 Å². The SMILES string of the molecule is CC.CC.CC.CC.CC.COC(=O)C[C@@H](C)C1CCC2C3C(=O)CC4CCCCC4(C)C3CCC21C. The molecule has 7 unspecified atom stereocenters. The molecule has 0 heterocycles. The number of carbonyl (C=O) groups is 2. The Balaban J connectivity index is 0. The Labute approximate surface area is 233 Å². The van der Waals surface area contributed by atoms with Gasteiger partial charge in [-0.1, -0.05) is 103 Å². The summed E-state index contributed by atoms with van der Waals surface area (Å²) in [5.41, 5.74) is 0.621. The number of ketones is 1. The van der Waals surface area contributed by atoms with Gasteiger partial charge < -0.3 is 4.74 Å². The third kappa shape index (κ3) is 8.31. The van der Waals surface area contributed by atoms with Gasteiger partial charge in [-0.25, -0.2) is 0 Å². The molecule has 4 saturated carbocycles. The molecule has 0 aromatic rings. The lowest BCUT2D eigenvalue weighted by atomic mass is 9.44. The van der Waals surface area contributed by atoms with Crippen molar-refractivity contribution < 1.29 is 14.3 Å². The number of Topliss-reactive ketones (excluding diaryl/α,β-unsaturated/α-hetero) is 1. The van der Waals surface area contributed by atoms with Crippen molar-refractivity contribution in [1.82, 2.24) is 0 Å². The number of rotatable bonds is 3. The van der Waals surface area contributed by atoms with E-state index in [0.717, 1.165) is 6.42 Å². The van der Waals surface area contributed by atoms with E-state index >= 15 is 0 Å². The predicted octanol–water partition coefficient (Wildman–Crippen LogP) is 10.5. The molecule has 4 rings (SSSR count). The van der Waals surface area contributed by atoms with Gasteiger partial charge in [-0.2, -0.15) is 0 Å². The van der Waals surface area contributed by atoms with E-state index in [1.165, 1.54) is 58.5 Å². The number of esters is 1. The number of ether oxygens (including phenoxy) is 1. The Morgan fingerprint density at radius 2 is 1.35 bits per heavy atom.